The Morgan fingerprint density at radius 2 is 2.00 bits per heavy atom. The molecule has 0 aliphatic heterocycles. The maximum Gasteiger partial charge on any atom is 0.161 e. The van der Waals surface area contributed by atoms with Crippen molar-refractivity contribution in [2.75, 3.05) is 11.9 Å². The molecular formula is C12H14ClNO2. The fourth-order valence-electron chi connectivity index (χ4n) is 1.34. The van der Waals surface area contributed by atoms with Crippen LogP contribution in [-0.4, -0.2) is 18.1 Å². The standard InChI is InChI=1S/C12H14ClNO2/c1-8(15)5-6-14-12-7-10(13)3-4-11(12)9(2)16/h3-4,7,14H,5-6H2,1-2H3. The van der Waals surface area contributed by atoms with Gasteiger partial charge in [0, 0.05) is 29.2 Å². The van der Waals surface area contributed by atoms with Crippen LogP contribution >= 0.6 is 11.6 Å². The number of ketones is 2. The van der Waals surface area contributed by atoms with Gasteiger partial charge in [0.05, 0.1) is 0 Å². The number of anilines is 1. The van der Waals surface area contributed by atoms with Crippen molar-refractivity contribution in [3.8, 4) is 0 Å². The van der Waals surface area contributed by atoms with Crippen molar-refractivity contribution in [3.63, 3.8) is 0 Å². The Morgan fingerprint density at radius 1 is 1.31 bits per heavy atom. The minimum absolute atomic E-state index is 0.0259. The van der Waals surface area contributed by atoms with Gasteiger partial charge in [-0.2, -0.15) is 0 Å². The number of hydrogen-bond donors (Lipinski definition) is 1. The van der Waals surface area contributed by atoms with Crippen LogP contribution in [0.5, 0.6) is 0 Å². The molecule has 1 N–H and O–H groups in total. The normalized spacial score (nSPS) is 9.94. The molecule has 86 valence electrons. The van der Waals surface area contributed by atoms with Crippen molar-refractivity contribution >= 4 is 28.9 Å². The molecule has 0 saturated carbocycles. The van der Waals surface area contributed by atoms with E-state index < -0.39 is 0 Å². The quantitative estimate of drug-likeness (QED) is 0.804. The summed E-state index contributed by atoms with van der Waals surface area (Å²) in [6.45, 7) is 3.54. The van der Waals surface area contributed by atoms with Crippen LogP contribution < -0.4 is 5.32 Å². The van der Waals surface area contributed by atoms with Gasteiger partial charge in [0.15, 0.2) is 5.78 Å². The summed E-state index contributed by atoms with van der Waals surface area (Å²) >= 11 is 5.84. The number of nitrogens with one attached hydrogen (secondary N) is 1. The number of rotatable bonds is 5. The molecule has 0 aliphatic rings. The van der Waals surface area contributed by atoms with Gasteiger partial charge in [0.1, 0.15) is 5.78 Å². The number of carbonyl (C=O) groups is 2. The number of carbonyl (C=O) groups excluding carboxylic acids is 2. The van der Waals surface area contributed by atoms with E-state index in [0.717, 1.165) is 0 Å². The molecule has 0 heterocycles. The number of Topliss-reactive ketones (excluding diaryl/α,β-unsaturated/α-hetero) is 2. The summed E-state index contributed by atoms with van der Waals surface area (Å²) in [6, 6.07) is 5.05. The highest BCUT2D eigenvalue weighted by Crippen LogP contribution is 2.21. The predicted molar refractivity (Wildman–Crippen MR) is 65.2 cm³/mol. The lowest BCUT2D eigenvalue weighted by molar-refractivity contribution is -0.116. The molecule has 4 heteroatoms. The lowest BCUT2D eigenvalue weighted by Crippen LogP contribution is -2.09. The van der Waals surface area contributed by atoms with Crippen LogP contribution in [0.3, 0.4) is 0 Å². The zero-order valence-corrected chi connectivity index (χ0v) is 10.1. The van der Waals surface area contributed by atoms with Crippen LogP contribution in [0.25, 0.3) is 0 Å². The maximum absolute atomic E-state index is 11.3. The first-order valence-corrected chi connectivity index (χ1v) is 5.42. The van der Waals surface area contributed by atoms with Gasteiger partial charge in [0.2, 0.25) is 0 Å². The van der Waals surface area contributed by atoms with Crippen molar-refractivity contribution in [2.45, 2.75) is 20.3 Å². The Hall–Kier alpha value is -1.35. The van der Waals surface area contributed by atoms with E-state index in [2.05, 4.69) is 5.32 Å². The molecule has 1 rings (SSSR count). The van der Waals surface area contributed by atoms with Crippen molar-refractivity contribution in [3.05, 3.63) is 28.8 Å². The van der Waals surface area contributed by atoms with E-state index in [1.807, 2.05) is 0 Å². The molecule has 1 aromatic carbocycles. The smallest absolute Gasteiger partial charge is 0.161 e. The third-order valence-electron chi connectivity index (χ3n) is 2.15. The first-order chi connectivity index (χ1) is 7.50. The van der Waals surface area contributed by atoms with Gasteiger partial charge >= 0.3 is 0 Å². The first kappa shape index (κ1) is 12.7. The van der Waals surface area contributed by atoms with Crippen LogP contribution in [0.4, 0.5) is 5.69 Å². The minimum atomic E-state index is -0.0259. The van der Waals surface area contributed by atoms with E-state index in [4.69, 9.17) is 11.6 Å². The average molecular weight is 240 g/mol. The summed E-state index contributed by atoms with van der Waals surface area (Å²) in [7, 11) is 0. The molecular weight excluding hydrogens is 226 g/mol. The summed E-state index contributed by atoms with van der Waals surface area (Å²) in [5.74, 6) is 0.0842. The summed E-state index contributed by atoms with van der Waals surface area (Å²) in [4.78, 5) is 22.1. The molecule has 0 saturated heterocycles. The van der Waals surface area contributed by atoms with Crippen LogP contribution in [-0.2, 0) is 4.79 Å². The Labute approximate surface area is 99.8 Å². The van der Waals surface area contributed by atoms with Crippen LogP contribution in [0.15, 0.2) is 18.2 Å². The van der Waals surface area contributed by atoms with Gasteiger partial charge in [-0.1, -0.05) is 11.6 Å². The first-order valence-electron chi connectivity index (χ1n) is 5.04. The van der Waals surface area contributed by atoms with E-state index in [9.17, 15) is 9.59 Å². The lowest BCUT2D eigenvalue weighted by Gasteiger charge is -2.09. The molecule has 0 radical (unpaired) electrons. The number of hydrogen-bond acceptors (Lipinski definition) is 3. The molecule has 0 spiro atoms. The summed E-state index contributed by atoms with van der Waals surface area (Å²) in [5.41, 5.74) is 1.27. The Kier molecular flexibility index (Phi) is 4.50. The van der Waals surface area contributed by atoms with E-state index in [1.165, 1.54) is 13.8 Å². The van der Waals surface area contributed by atoms with Gasteiger partial charge in [-0.25, -0.2) is 0 Å². The Balaban J connectivity index is 2.80. The average Bonchev–Trinajstić information content (AvgIpc) is 2.16. The SMILES string of the molecule is CC(=O)CCNc1cc(Cl)ccc1C(C)=O. The monoisotopic (exact) mass is 239 g/mol. The summed E-state index contributed by atoms with van der Waals surface area (Å²) < 4.78 is 0. The molecule has 0 unspecified atom stereocenters. The van der Waals surface area contributed by atoms with Crippen molar-refractivity contribution < 1.29 is 9.59 Å². The van der Waals surface area contributed by atoms with Gasteiger partial charge in [-0.15, -0.1) is 0 Å². The fraction of sp³-hybridized carbons (Fsp3) is 0.333. The molecule has 0 atom stereocenters. The second-order valence-corrected chi connectivity index (χ2v) is 4.06. The Morgan fingerprint density at radius 3 is 2.56 bits per heavy atom. The largest absolute Gasteiger partial charge is 0.384 e. The number of halogens is 1. The topological polar surface area (TPSA) is 46.2 Å². The van der Waals surface area contributed by atoms with Crippen LogP contribution in [0.1, 0.15) is 30.6 Å². The zero-order chi connectivity index (χ0) is 12.1. The molecule has 0 fully saturated rings. The van der Waals surface area contributed by atoms with Crippen LogP contribution in [0.2, 0.25) is 5.02 Å². The highest BCUT2D eigenvalue weighted by molar-refractivity contribution is 6.31. The van der Waals surface area contributed by atoms with Gasteiger partial charge in [-0.05, 0) is 32.0 Å². The number of benzene rings is 1. The van der Waals surface area contributed by atoms with Crippen molar-refractivity contribution in [2.24, 2.45) is 0 Å². The summed E-state index contributed by atoms with van der Waals surface area (Å²) in [5, 5.41) is 3.61. The van der Waals surface area contributed by atoms with Gasteiger partial charge in [-0.3, -0.25) is 9.59 Å². The zero-order valence-electron chi connectivity index (χ0n) is 9.34. The van der Waals surface area contributed by atoms with Gasteiger partial charge in [0.25, 0.3) is 0 Å². The second kappa shape index (κ2) is 5.66. The molecule has 0 aliphatic carbocycles. The lowest BCUT2D eigenvalue weighted by atomic mass is 10.1. The van der Waals surface area contributed by atoms with E-state index in [1.54, 1.807) is 18.2 Å². The molecule has 1 aromatic rings. The maximum atomic E-state index is 11.3. The Bertz CT molecular complexity index is 415. The highest BCUT2D eigenvalue weighted by Gasteiger charge is 2.07. The molecule has 0 bridgehead atoms. The molecule has 16 heavy (non-hydrogen) atoms. The predicted octanol–water partition coefficient (Wildman–Crippen LogP) is 2.93. The van der Waals surface area contributed by atoms with E-state index in [0.29, 0.717) is 29.2 Å². The van der Waals surface area contributed by atoms with Crippen molar-refractivity contribution in [1.82, 2.24) is 0 Å². The van der Waals surface area contributed by atoms with Crippen LogP contribution in [0, 0.1) is 0 Å². The third kappa shape index (κ3) is 3.66. The second-order valence-electron chi connectivity index (χ2n) is 3.62. The molecule has 0 aromatic heterocycles. The summed E-state index contributed by atoms with van der Waals surface area (Å²) in [6.07, 6.45) is 0.434. The highest BCUT2D eigenvalue weighted by atomic mass is 35.5. The van der Waals surface area contributed by atoms with Crippen molar-refractivity contribution in [1.29, 1.82) is 0 Å². The van der Waals surface area contributed by atoms with E-state index in [-0.39, 0.29) is 11.6 Å². The third-order valence-corrected chi connectivity index (χ3v) is 2.39. The minimum Gasteiger partial charge on any atom is -0.384 e. The fourth-order valence-corrected chi connectivity index (χ4v) is 1.52. The molecule has 0 amide bonds. The van der Waals surface area contributed by atoms with Gasteiger partial charge < -0.3 is 5.32 Å². The van der Waals surface area contributed by atoms with E-state index >= 15 is 0 Å². The molecule has 3 nitrogen and oxygen atoms in total.